The molecule has 170 valence electrons. The molecule has 0 bridgehead atoms. The first-order chi connectivity index (χ1) is 15.5. The summed E-state index contributed by atoms with van der Waals surface area (Å²) in [5.41, 5.74) is 5.88. The molecule has 1 aliphatic rings. The summed E-state index contributed by atoms with van der Waals surface area (Å²) >= 11 is 0. The maximum atomic E-state index is 13.1. The highest BCUT2D eigenvalue weighted by molar-refractivity contribution is 6.45. The second kappa shape index (κ2) is 10.7. The highest BCUT2D eigenvalue weighted by atomic mass is 16.7. The van der Waals surface area contributed by atoms with E-state index in [9.17, 15) is 9.59 Å². The summed E-state index contributed by atoms with van der Waals surface area (Å²) in [5, 5.41) is 3.81. The summed E-state index contributed by atoms with van der Waals surface area (Å²) in [6, 6.07) is 14.7. The number of carbonyl (C=O) groups excluding carboxylic acids is 2. The Hall–Kier alpha value is -2.75. The second-order valence-corrected chi connectivity index (χ2v) is 8.81. The topological polar surface area (TPSA) is 55.7 Å². The lowest BCUT2D eigenvalue weighted by molar-refractivity contribution is -0.143. The first-order valence-corrected chi connectivity index (χ1v) is 12.0. The number of nitrogens with zero attached hydrogens (tertiary/aromatic N) is 1. The summed E-state index contributed by atoms with van der Waals surface area (Å²) in [6.07, 6.45) is 7.69. The molecule has 3 rings (SSSR count). The Morgan fingerprint density at radius 1 is 0.875 bits per heavy atom. The molecule has 32 heavy (non-hydrogen) atoms. The lowest BCUT2D eigenvalue weighted by Gasteiger charge is -2.32. The van der Waals surface area contributed by atoms with E-state index in [2.05, 4.69) is 55.4 Å². The lowest BCUT2D eigenvalue weighted by atomic mass is 9.70. The molecule has 1 aliphatic carbocycles. The van der Waals surface area contributed by atoms with E-state index in [1.54, 1.807) is 6.92 Å². The molecule has 0 fully saturated rings. The predicted molar refractivity (Wildman–Crippen MR) is 130 cm³/mol. The molecule has 2 aromatic rings. The summed E-state index contributed by atoms with van der Waals surface area (Å²) in [6.45, 7) is 7.96. The smallest absolute Gasteiger partial charge is 0.318 e. The van der Waals surface area contributed by atoms with Gasteiger partial charge < -0.3 is 4.84 Å². The van der Waals surface area contributed by atoms with Crippen molar-refractivity contribution in [2.24, 2.45) is 5.16 Å². The third kappa shape index (κ3) is 4.69. The van der Waals surface area contributed by atoms with Gasteiger partial charge in [-0.1, -0.05) is 88.0 Å². The SMILES string of the molecule is CCCCC1(CCCC)c2ccccc2-c2ccc(C(=O)/C(C)=N\OC(=O)CCC)cc21. The van der Waals surface area contributed by atoms with Gasteiger partial charge in [0.05, 0.1) is 0 Å². The average Bonchev–Trinajstić information content (AvgIpc) is 3.09. The Balaban J connectivity index is 2.03. The molecule has 0 heterocycles. The Bertz CT molecular complexity index is 997. The van der Waals surface area contributed by atoms with Gasteiger partial charge in [0.2, 0.25) is 5.78 Å². The quantitative estimate of drug-likeness (QED) is 0.162. The maximum absolute atomic E-state index is 13.1. The monoisotopic (exact) mass is 433 g/mol. The van der Waals surface area contributed by atoms with Crippen molar-refractivity contribution in [1.82, 2.24) is 0 Å². The molecule has 0 radical (unpaired) electrons. The number of unbranched alkanes of at least 4 members (excludes halogenated alkanes) is 2. The van der Waals surface area contributed by atoms with Gasteiger partial charge in [0.25, 0.3) is 0 Å². The molecule has 0 aromatic heterocycles. The van der Waals surface area contributed by atoms with Crippen molar-refractivity contribution in [3.63, 3.8) is 0 Å². The molecule has 0 saturated heterocycles. The molecular weight excluding hydrogens is 398 g/mol. The highest BCUT2D eigenvalue weighted by Gasteiger charge is 2.42. The van der Waals surface area contributed by atoms with E-state index >= 15 is 0 Å². The number of fused-ring (bicyclic) bond motifs is 3. The molecular formula is C28H35NO3. The van der Waals surface area contributed by atoms with Crippen molar-refractivity contribution in [2.75, 3.05) is 0 Å². The third-order valence-electron chi connectivity index (χ3n) is 6.51. The van der Waals surface area contributed by atoms with Crippen LogP contribution < -0.4 is 0 Å². The fourth-order valence-corrected chi connectivity index (χ4v) is 4.84. The number of rotatable bonds is 11. The Kier molecular flexibility index (Phi) is 8.00. The van der Waals surface area contributed by atoms with E-state index in [1.165, 1.54) is 22.3 Å². The number of benzene rings is 2. The Labute approximate surface area is 192 Å². The summed E-state index contributed by atoms with van der Waals surface area (Å²) < 4.78 is 0. The van der Waals surface area contributed by atoms with Crippen molar-refractivity contribution in [3.8, 4) is 11.1 Å². The van der Waals surface area contributed by atoms with Crippen LogP contribution >= 0.6 is 0 Å². The second-order valence-electron chi connectivity index (χ2n) is 8.81. The highest BCUT2D eigenvalue weighted by Crippen LogP contribution is 2.54. The van der Waals surface area contributed by atoms with Crippen LogP contribution in [-0.2, 0) is 15.0 Å². The molecule has 0 spiro atoms. The van der Waals surface area contributed by atoms with Crippen LogP contribution in [-0.4, -0.2) is 17.5 Å². The van der Waals surface area contributed by atoms with E-state index < -0.39 is 5.97 Å². The van der Waals surface area contributed by atoms with E-state index in [1.807, 2.05) is 13.0 Å². The zero-order valence-corrected chi connectivity index (χ0v) is 19.9. The predicted octanol–water partition coefficient (Wildman–Crippen LogP) is 7.24. The molecule has 4 heteroatoms. The van der Waals surface area contributed by atoms with Crippen molar-refractivity contribution in [1.29, 1.82) is 0 Å². The van der Waals surface area contributed by atoms with E-state index in [-0.39, 0.29) is 16.9 Å². The molecule has 2 aromatic carbocycles. The van der Waals surface area contributed by atoms with E-state index in [0.29, 0.717) is 18.4 Å². The Morgan fingerprint density at radius 3 is 2.19 bits per heavy atom. The molecule has 0 aliphatic heterocycles. The van der Waals surface area contributed by atoms with Crippen molar-refractivity contribution < 1.29 is 14.4 Å². The lowest BCUT2D eigenvalue weighted by Crippen LogP contribution is -2.26. The fourth-order valence-electron chi connectivity index (χ4n) is 4.84. The van der Waals surface area contributed by atoms with Gasteiger partial charge >= 0.3 is 5.97 Å². The van der Waals surface area contributed by atoms with Crippen LogP contribution in [0.2, 0.25) is 0 Å². The normalized spacial score (nSPS) is 14.1. The standard InChI is InChI=1S/C28H35NO3/c1-5-8-17-28(18-9-6-2)24-14-11-10-13-22(24)23-16-15-21(19-25(23)28)27(31)20(4)29-32-26(30)12-7-3/h10-11,13-16,19H,5-9,12,17-18H2,1-4H3/b29-20-. The van der Waals surface area contributed by atoms with Gasteiger partial charge in [0, 0.05) is 17.4 Å². The minimum absolute atomic E-state index is 0.0626. The van der Waals surface area contributed by atoms with Crippen LogP contribution in [0, 0.1) is 0 Å². The van der Waals surface area contributed by atoms with E-state index in [0.717, 1.165) is 38.5 Å². The summed E-state index contributed by atoms with van der Waals surface area (Å²) in [5.74, 6) is -0.616. The van der Waals surface area contributed by atoms with Gasteiger partial charge in [-0.3, -0.25) is 4.79 Å². The summed E-state index contributed by atoms with van der Waals surface area (Å²) in [7, 11) is 0. The molecule has 0 atom stereocenters. The van der Waals surface area contributed by atoms with Gasteiger partial charge in [-0.05, 0) is 54.5 Å². The van der Waals surface area contributed by atoms with Crippen LogP contribution in [0.4, 0.5) is 0 Å². The maximum Gasteiger partial charge on any atom is 0.335 e. The number of ketones is 1. The van der Waals surface area contributed by atoms with Crippen LogP contribution in [0.5, 0.6) is 0 Å². The minimum Gasteiger partial charge on any atom is -0.318 e. The first-order valence-electron chi connectivity index (χ1n) is 12.0. The largest absolute Gasteiger partial charge is 0.335 e. The van der Waals surface area contributed by atoms with Crippen LogP contribution in [0.25, 0.3) is 11.1 Å². The van der Waals surface area contributed by atoms with Crippen molar-refractivity contribution >= 4 is 17.5 Å². The fraction of sp³-hybridized carbons (Fsp3) is 0.464. The van der Waals surface area contributed by atoms with Gasteiger partial charge in [-0.15, -0.1) is 0 Å². The van der Waals surface area contributed by atoms with Gasteiger partial charge in [-0.2, -0.15) is 0 Å². The zero-order valence-electron chi connectivity index (χ0n) is 19.9. The van der Waals surface area contributed by atoms with E-state index in [4.69, 9.17) is 4.84 Å². The summed E-state index contributed by atoms with van der Waals surface area (Å²) in [4.78, 5) is 29.6. The first kappa shape index (κ1) is 23.9. The molecule has 4 nitrogen and oxygen atoms in total. The van der Waals surface area contributed by atoms with Crippen LogP contribution in [0.3, 0.4) is 0 Å². The zero-order chi connectivity index (χ0) is 23.1. The van der Waals surface area contributed by atoms with Crippen molar-refractivity contribution in [3.05, 3.63) is 59.2 Å². The van der Waals surface area contributed by atoms with Crippen LogP contribution in [0.1, 0.15) is 101 Å². The van der Waals surface area contributed by atoms with Crippen LogP contribution in [0.15, 0.2) is 47.6 Å². The van der Waals surface area contributed by atoms with Crippen molar-refractivity contribution in [2.45, 2.75) is 84.5 Å². The number of hydrogen-bond acceptors (Lipinski definition) is 4. The average molecular weight is 434 g/mol. The molecule has 0 amide bonds. The molecule has 0 N–H and O–H groups in total. The van der Waals surface area contributed by atoms with Gasteiger partial charge in [0.15, 0.2) is 0 Å². The number of carbonyl (C=O) groups is 2. The number of Topliss-reactive ketones (excluding diaryl/α,β-unsaturated/α-hetero) is 1. The Morgan fingerprint density at radius 2 is 1.53 bits per heavy atom. The number of hydrogen-bond donors (Lipinski definition) is 0. The molecule has 0 unspecified atom stereocenters. The van der Waals surface area contributed by atoms with Gasteiger partial charge in [0.1, 0.15) is 5.71 Å². The van der Waals surface area contributed by atoms with Gasteiger partial charge in [-0.25, -0.2) is 4.79 Å². The third-order valence-corrected chi connectivity index (χ3v) is 6.51. The minimum atomic E-state index is -0.415. The number of oxime groups is 1. The molecule has 0 saturated carbocycles.